The monoisotopic (exact) mass is 395 g/mol. The molecule has 0 bridgehead atoms. The van der Waals surface area contributed by atoms with Crippen LogP contribution in [0.3, 0.4) is 0 Å². The molecule has 7 nitrogen and oxygen atoms in total. The number of nitrogens with one attached hydrogen (secondary N) is 1. The van der Waals surface area contributed by atoms with Gasteiger partial charge in [-0.15, -0.1) is 0 Å². The van der Waals surface area contributed by atoms with Crippen molar-refractivity contribution in [1.82, 2.24) is 15.2 Å². The molecule has 1 aromatic carbocycles. The molecule has 4 rings (SSSR count). The summed E-state index contributed by atoms with van der Waals surface area (Å²) in [5.41, 5.74) is 1.91. The lowest BCUT2D eigenvalue weighted by Gasteiger charge is -2.38. The molecule has 0 unspecified atom stereocenters. The Hall–Kier alpha value is -2.77. The molecular formula is C22H25N3O4. The van der Waals surface area contributed by atoms with Crippen LogP contribution in [-0.4, -0.2) is 53.6 Å². The van der Waals surface area contributed by atoms with E-state index >= 15 is 0 Å². The van der Waals surface area contributed by atoms with E-state index in [9.17, 15) is 9.59 Å². The van der Waals surface area contributed by atoms with Gasteiger partial charge in [-0.2, -0.15) is 0 Å². The Morgan fingerprint density at radius 2 is 1.97 bits per heavy atom. The van der Waals surface area contributed by atoms with Crippen LogP contribution in [0.25, 0.3) is 0 Å². The number of carbonyl (C=O) groups excluding carboxylic acids is 2. The maximum Gasteiger partial charge on any atom is 0.254 e. The third-order valence-corrected chi connectivity index (χ3v) is 5.38. The normalized spacial score (nSPS) is 22.9. The number of likely N-dealkylation sites (tertiary alicyclic amines) is 1. The van der Waals surface area contributed by atoms with Gasteiger partial charge in [0.15, 0.2) is 6.10 Å². The SMILES string of the molecule is O=C1CO[C@H](C(=O)N2CCC(OCc3cccnc3)CC2)[C@@H](c2ccccc2)N1. The minimum atomic E-state index is -0.706. The zero-order valence-electron chi connectivity index (χ0n) is 16.2. The topological polar surface area (TPSA) is 80.8 Å². The molecule has 7 heteroatoms. The minimum absolute atomic E-state index is 0.0791. The van der Waals surface area contributed by atoms with Crippen LogP contribution < -0.4 is 5.32 Å². The number of aromatic nitrogens is 1. The molecule has 0 radical (unpaired) electrons. The second-order valence-corrected chi connectivity index (χ2v) is 7.38. The van der Waals surface area contributed by atoms with Crippen molar-refractivity contribution in [3.8, 4) is 0 Å². The molecule has 2 aliphatic rings. The third-order valence-electron chi connectivity index (χ3n) is 5.38. The predicted molar refractivity (Wildman–Crippen MR) is 106 cm³/mol. The van der Waals surface area contributed by atoms with E-state index in [1.54, 1.807) is 12.4 Å². The van der Waals surface area contributed by atoms with E-state index in [-0.39, 0.29) is 24.5 Å². The number of ether oxygens (including phenoxy) is 2. The quantitative estimate of drug-likeness (QED) is 0.836. The number of piperidine rings is 1. The maximum atomic E-state index is 13.1. The van der Waals surface area contributed by atoms with E-state index in [0.717, 1.165) is 24.0 Å². The van der Waals surface area contributed by atoms with Gasteiger partial charge < -0.3 is 19.7 Å². The van der Waals surface area contributed by atoms with Crippen molar-refractivity contribution in [3.63, 3.8) is 0 Å². The molecule has 0 saturated carbocycles. The Kier molecular flexibility index (Phi) is 6.17. The average Bonchev–Trinajstić information content (AvgIpc) is 2.79. The molecule has 3 heterocycles. The first-order valence-electron chi connectivity index (χ1n) is 9.96. The van der Waals surface area contributed by atoms with Gasteiger partial charge in [-0.3, -0.25) is 14.6 Å². The summed E-state index contributed by atoms with van der Waals surface area (Å²) in [7, 11) is 0. The van der Waals surface area contributed by atoms with Crippen LogP contribution in [-0.2, 0) is 25.7 Å². The van der Waals surface area contributed by atoms with Crippen molar-refractivity contribution in [2.45, 2.75) is 37.7 Å². The first-order chi connectivity index (χ1) is 14.2. The zero-order chi connectivity index (χ0) is 20.1. The van der Waals surface area contributed by atoms with Gasteiger partial charge in [-0.25, -0.2) is 0 Å². The molecule has 2 aliphatic heterocycles. The highest BCUT2D eigenvalue weighted by Crippen LogP contribution is 2.25. The number of nitrogens with zero attached hydrogens (tertiary/aromatic N) is 2. The van der Waals surface area contributed by atoms with Crippen LogP contribution in [0.1, 0.15) is 30.0 Å². The highest BCUT2D eigenvalue weighted by atomic mass is 16.5. The fraction of sp³-hybridized carbons (Fsp3) is 0.409. The Morgan fingerprint density at radius 3 is 2.69 bits per heavy atom. The van der Waals surface area contributed by atoms with Crippen LogP contribution in [0.2, 0.25) is 0 Å². The Balaban J connectivity index is 1.34. The first kappa shape index (κ1) is 19.5. The standard InChI is InChI=1S/C22H25N3O4/c26-19-15-29-21(20(24-19)17-6-2-1-3-7-17)22(27)25-11-8-18(9-12-25)28-14-16-5-4-10-23-13-16/h1-7,10,13,18,20-21H,8-9,11-12,14-15H2,(H,24,26)/t20-,21+/m1/s1. The smallest absolute Gasteiger partial charge is 0.254 e. The van der Waals surface area contributed by atoms with Gasteiger partial charge in [0.1, 0.15) is 6.61 Å². The number of benzene rings is 1. The maximum absolute atomic E-state index is 13.1. The van der Waals surface area contributed by atoms with Crippen molar-refractivity contribution in [1.29, 1.82) is 0 Å². The molecule has 0 aliphatic carbocycles. The molecule has 152 valence electrons. The second kappa shape index (κ2) is 9.15. The van der Waals surface area contributed by atoms with Crippen LogP contribution in [0.15, 0.2) is 54.9 Å². The van der Waals surface area contributed by atoms with Gasteiger partial charge in [0.25, 0.3) is 5.91 Å². The molecule has 2 aromatic rings. The summed E-state index contributed by atoms with van der Waals surface area (Å²) in [6.45, 7) is 1.67. The first-order valence-corrected chi connectivity index (χ1v) is 9.96. The molecular weight excluding hydrogens is 370 g/mol. The fourth-order valence-electron chi connectivity index (χ4n) is 3.81. The summed E-state index contributed by atoms with van der Waals surface area (Å²) in [4.78, 5) is 30.9. The highest BCUT2D eigenvalue weighted by Gasteiger charge is 2.39. The summed E-state index contributed by atoms with van der Waals surface area (Å²) < 4.78 is 11.6. The Morgan fingerprint density at radius 1 is 1.17 bits per heavy atom. The number of amides is 2. The number of carbonyl (C=O) groups is 2. The lowest BCUT2D eigenvalue weighted by molar-refractivity contribution is -0.157. The summed E-state index contributed by atoms with van der Waals surface area (Å²) in [6, 6.07) is 12.9. The number of rotatable bonds is 5. The van der Waals surface area contributed by atoms with Crippen molar-refractivity contribution < 1.29 is 19.1 Å². The van der Waals surface area contributed by atoms with Crippen molar-refractivity contribution in [3.05, 3.63) is 66.0 Å². The van der Waals surface area contributed by atoms with Gasteiger partial charge in [-0.1, -0.05) is 36.4 Å². The molecule has 2 amide bonds. The van der Waals surface area contributed by atoms with Crippen molar-refractivity contribution >= 4 is 11.8 Å². The number of hydrogen-bond acceptors (Lipinski definition) is 5. The molecule has 29 heavy (non-hydrogen) atoms. The van der Waals surface area contributed by atoms with E-state index < -0.39 is 12.1 Å². The Bertz CT molecular complexity index is 822. The molecule has 2 fully saturated rings. The summed E-state index contributed by atoms with van der Waals surface area (Å²) in [6.07, 6.45) is 4.52. The van der Waals surface area contributed by atoms with E-state index in [4.69, 9.17) is 9.47 Å². The van der Waals surface area contributed by atoms with Crippen molar-refractivity contribution in [2.75, 3.05) is 19.7 Å². The highest BCUT2D eigenvalue weighted by molar-refractivity contribution is 5.86. The minimum Gasteiger partial charge on any atom is -0.373 e. The van der Waals surface area contributed by atoms with Crippen LogP contribution in [0.4, 0.5) is 0 Å². The van der Waals surface area contributed by atoms with Gasteiger partial charge in [0.05, 0.1) is 18.8 Å². The summed E-state index contributed by atoms with van der Waals surface area (Å²) >= 11 is 0. The van der Waals surface area contributed by atoms with Gasteiger partial charge >= 0.3 is 0 Å². The fourth-order valence-corrected chi connectivity index (χ4v) is 3.81. The van der Waals surface area contributed by atoms with E-state index in [1.807, 2.05) is 47.4 Å². The second-order valence-electron chi connectivity index (χ2n) is 7.38. The molecule has 1 N–H and O–H groups in total. The molecule has 1 aromatic heterocycles. The van der Waals surface area contributed by atoms with E-state index in [1.165, 1.54) is 0 Å². The average molecular weight is 395 g/mol. The lowest BCUT2D eigenvalue weighted by Crippen LogP contribution is -2.54. The van der Waals surface area contributed by atoms with Gasteiger partial charge in [0, 0.05) is 25.5 Å². The largest absolute Gasteiger partial charge is 0.373 e. The molecule has 2 atom stereocenters. The van der Waals surface area contributed by atoms with E-state index in [2.05, 4.69) is 10.3 Å². The van der Waals surface area contributed by atoms with E-state index in [0.29, 0.717) is 19.7 Å². The predicted octanol–water partition coefficient (Wildman–Crippen LogP) is 1.85. The molecule has 2 saturated heterocycles. The number of hydrogen-bond donors (Lipinski definition) is 1. The van der Waals surface area contributed by atoms with Crippen molar-refractivity contribution in [2.24, 2.45) is 0 Å². The van der Waals surface area contributed by atoms with Gasteiger partial charge in [0.2, 0.25) is 5.91 Å². The molecule has 0 spiro atoms. The zero-order valence-corrected chi connectivity index (χ0v) is 16.2. The number of pyridine rings is 1. The van der Waals surface area contributed by atoms with Crippen LogP contribution >= 0.6 is 0 Å². The summed E-state index contributed by atoms with van der Waals surface area (Å²) in [5, 5.41) is 2.91. The van der Waals surface area contributed by atoms with Crippen LogP contribution in [0, 0.1) is 0 Å². The lowest BCUT2D eigenvalue weighted by atomic mass is 9.97. The number of morpholine rings is 1. The van der Waals surface area contributed by atoms with Crippen LogP contribution in [0.5, 0.6) is 0 Å². The third kappa shape index (κ3) is 4.81. The summed E-state index contributed by atoms with van der Waals surface area (Å²) in [5.74, 6) is -0.282. The van der Waals surface area contributed by atoms with Gasteiger partial charge in [-0.05, 0) is 30.0 Å². The Labute approximate surface area is 170 Å².